The van der Waals surface area contributed by atoms with Gasteiger partial charge in [-0.2, -0.15) is 5.10 Å². The normalized spacial score (nSPS) is 10.5. The molecule has 0 unspecified atom stereocenters. The molecule has 7 heteroatoms. The predicted octanol–water partition coefficient (Wildman–Crippen LogP) is 2.95. The molecule has 3 aromatic rings. The molecule has 0 spiro atoms. The summed E-state index contributed by atoms with van der Waals surface area (Å²) < 4.78 is 10.7. The fourth-order valence-electron chi connectivity index (χ4n) is 2.13. The zero-order chi connectivity index (χ0) is 18.9. The fraction of sp³-hybridized carbons (Fsp3) is 0.0500. The van der Waals surface area contributed by atoms with Crippen LogP contribution in [0, 0.1) is 0 Å². The lowest BCUT2D eigenvalue weighted by atomic mass is 10.2. The van der Waals surface area contributed by atoms with E-state index in [1.807, 2.05) is 30.3 Å². The molecule has 0 aliphatic heterocycles. The first kappa shape index (κ1) is 17.9. The number of furan rings is 1. The monoisotopic (exact) mass is 363 g/mol. The van der Waals surface area contributed by atoms with Crippen LogP contribution in [0.15, 0.2) is 82.5 Å². The van der Waals surface area contributed by atoms with E-state index in [2.05, 4.69) is 15.8 Å². The number of nitrogens with zero attached hydrogens (tertiary/aromatic N) is 1. The average molecular weight is 363 g/mol. The minimum absolute atomic E-state index is 0.447. The van der Waals surface area contributed by atoms with Crippen molar-refractivity contribution < 1.29 is 18.7 Å². The molecule has 27 heavy (non-hydrogen) atoms. The second-order valence-corrected chi connectivity index (χ2v) is 5.47. The quantitative estimate of drug-likeness (QED) is 0.400. The molecule has 0 atom stereocenters. The van der Waals surface area contributed by atoms with Crippen LogP contribution in [0.4, 0.5) is 5.69 Å². The van der Waals surface area contributed by atoms with Gasteiger partial charge in [-0.1, -0.05) is 30.3 Å². The van der Waals surface area contributed by atoms with Crippen LogP contribution in [-0.4, -0.2) is 18.0 Å². The second kappa shape index (κ2) is 9.00. The van der Waals surface area contributed by atoms with E-state index in [1.165, 1.54) is 12.5 Å². The molecule has 2 aromatic carbocycles. The lowest BCUT2D eigenvalue weighted by Crippen LogP contribution is -2.32. The first-order valence-corrected chi connectivity index (χ1v) is 8.15. The number of amides is 2. The molecule has 7 nitrogen and oxygen atoms in total. The Morgan fingerprint density at radius 2 is 1.74 bits per heavy atom. The van der Waals surface area contributed by atoms with Gasteiger partial charge in [0.05, 0.1) is 12.5 Å². The van der Waals surface area contributed by atoms with Crippen molar-refractivity contribution in [2.45, 2.75) is 6.61 Å². The smallest absolute Gasteiger partial charge is 0.329 e. The maximum atomic E-state index is 11.8. The van der Waals surface area contributed by atoms with Gasteiger partial charge in [0.2, 0.25) is 0 Å². The fourth-order valence-corrected chi connectivity index (χ4v) is 2.13. The molecule has 2 amide bonds. The van der Waals surface area contributed by atoms with Crippen LogP contribution in [0.5, 0.6) is 5.75 Å². The average Bonchev–Trinajstić information content (AvgIpc) is 3.21. The van der Waals surface area contributed by atoms with E-state index < -0.39 is 11.8 Å². The van der Waals surface area contributed by atoms with Gasteiger partial charge in [-0.15, -0.1) is 0 Å². The van der Waals surface area contributed by atoms with Gasteiger partial charge in [0, 0.05) is 5.69 Å². The summed E-state index contributed by atoms with van der Waals surface area (Å²) in [5.74, 6) is -0.599. The lowest BCUT2D eigenvalue weighted by molar-refractivity contribution is -0.136. The zero-order valence-corrected chi connectivity index (χ0v) is 14.3. The summed E-state index contributed by atoms with van der Waals surface area (Å²) in [6, 6.07) is 19.9. The number of anilines is 1. The Hall–Kier alpha value is -3.87. The Bertz CT molecular complexity index is 904. The predicted molar refractivity (Wildman–Crippen MR) is 100 cm³/mol. The highest BCUT2D eigenvalue weighted by Crippen LogP contribution is 2.17. The van der Waals surface area contributed by atoms with E-state index in [9.17, 15) is 9.59 Å². The minimum atomic E-state index is -0.887. The topological polar surface area (TPSA) is 92.9 Å². The highest BCUT2D eigenvalue weighted by atomic mass is 16.5. The van der Waals surface area contributed by atoms with E-state index in [1.54, 1.807) is 36.4 Å². The molecule has 0 aliphatic rings. The van der Waals surface area contributed by atoms with Crippen molar-refractivity contribution in [1.82, 2.24) is 5.43 Å². The number of carbonyl (C=O) groups is 2. The van der Waals surface area contributed by atoms with Crippen LogP contribution in [-0.2, 0) is 16.2 Å². The summed E-state index contributed by atoms with van der Waals surface area (Å²) in [4.78, 5) is 23.6. The minimum Gasteiger partial charge on any atom is -0.489 e. The number of ether oxygens (including phenoxy) is 1. The molecule has 1 heterocycles. The molecule has 1 aromatic heterocycles. The highest BCUT2D eigenvalue weighted by Gasteiger charge is 2.12. The van der Waals surface area contributed by atoms with Crippen molar-refractivity contribution in [2.24, 2.45) is 5.10 Å². The molecule has 0 aliphatic carbocycles. The second-order valence-electron chi connectivity index (χ2n) is 5.47. The van der Waals surface area contributed by atoms with Crippen molar-refractivity contribution in [3.8, 4) is 5.75 Å². The van der Waals surface area contributed by atoms with E-state index in [-0.39, 0.29) is 0 Å². The number of hydrogen-bond acceptors (Lipinski definition) is 5. The Kier molecular flexibility index (Phi) is 5.98. The third-order valence-electron chi connectivity index (χ3n) is 3.47. The van der Waals surface area contributed by atoms with Gasteiger partial charge in [-0.3, -0.25) is 9.59 Å². The summed E-state index contributed by atoms with van der Waals surface area (Å²) in [7, 11) is 0. The highest BCUT2D eigenvalue weighted by molar-refractivity contribution is 6.39. The maximum Gasteiger partial charge on any atom is 0.329 e. The summed E-state index contributed by atoms with van der Waals surface area (Å²) in [5.41, 5.74) is 3.65. The first-order chi connectivity index (χ1) is 13.2. The van der Waals surface area contributed by atoms with Gasteiger partial charge in [0.1, 0.15) is 18.1 Å². The van der Waals surface area contributed by atoms with Crippen molar-refractivity contribution >= 4 is 23.7 Å². The third kappa shape index (κ3) is 5.57. The number of benzene rings is 2. The van der Waals surface area contributed by atoms with E-state index in [0.717, 1.165) is 5.56 Å². The Morgan fingerprint density at radius 1 is 0.963 bits per heavy atom. The molecule has 3 rings (SSSR count). The van der Waals surface area contributed by atoms with Gasteiger partial charge in [0.25, 0.3) is 0 Å². The van der Waals surface area contributed by atoms with Gasteiger partial charge in [0.15, 0.2) is 0 Å². The van der Waals surface area contributed by atoms with Crippen molar-refractivity contribution in [3.05, 3.63) is 84.3 Å². The lowest BCUT2D eigenvalue weighted by Gasteiger charge is -2.08. The first-order valence-electron chi connectivity index (χ1n) is 8.15. The molecule has 0 radical (unpaired) electrons. The number of carbonyl (C=O) groups excluding carboxylic acids is 2. The summed E-state index contributed by atoms with van der Waals surface area (Å²) in [6.45, 7) is 0.447. The summed E-state index contributed by atoms with van der Waals surface area (Å²) in [5, 5.41) is 6.13. The van der Waals surface area contributed by atoms with Crippen LogP contribution in [0.1, 0.15) is 11.3 Å². The number of hydrazone groups is 1. The van der Waals surface area contributed by atoms with Crippen LogP contribution >= 0.6 is 0 Å². The van der Waals surface area contributed by atoms with Crippen molar-refractivity contribution in [3.63, 3.8) is 0 Å². The largest absolute Gasteiger partial charge is 0.489 e. The van der Waals surface area contributed by atoms with Crippen LogP contribution in [0.2, 0.25) is 0 Å². The van der Waals surface area contributed by atoms with E-state index >= 15 is 0 Å². The third-order valence-corrected chi connectivity index (χ3v) is 3.47. The van der Waals surface area contributed by atoms with Gasteiger partial charge in [-0.05, 0) is 42.0 Å². The zero-order valence-electron chi connectivity index (χ0n) is 14.3. The SMILES string of the molecule is O=C(N/N=C\c1ccco1)C(=O)Nc1ccc(OCc2ccccc2)cc1. The number of hydrogen-bond donors (Lipinski definition) is 2. The van der Waals surface area contributed by atoms with Gasteiger partial charge >= 0.3 is 11.8 Å². The molecule has 0 saturated carbocycles. The Morgan fingerprint density at radius 3 is 2.44 bits per heavy atom. The van der Waals surface area contributed by atoms with Gasteiger partial charge in [-0.25, -0.2) is 5.43 Å². The summed E-state index contributed by atoms with van der Waals surface area (Å²) in [6.07, 6.45) is 2.77. The molecular weight excluding hydrogens is 346 g/mol. The maximum absolute atomic E-state index is 11.8. The Labute approximate surface area is 155 Å². The number of nitrogens with one attached hydrogen (secondary N) is 2. The molecule has 2 N–H and O–H groups in total. The molecule has 136 valence electrons. The van der Waals surface area contributed by atoms with E-state index in [0.29, 0.717) is 23.8 Å². The molecule has 0 saturated heterocycles. The number of rotatable bonds is 6. The Balaban J connectivity index is 1.47. The molecule has 0 fully saturated rings. The summed E-state index contributed by atoms with van der Waals surface area (Å²) >= 11 is 0. The van der Waals surface area contributed by atoms with E-state index in [4.69, 9.17) is 9.15 Å². The van der Waals surface area contributed by atoms with Gasteiger partial charge < -0.3 is 14.5 Å². The standard InChI is InChI=1S/C20H17N3O4/c24-19(20(25)23-21-13-18-7-4-12-26-18)22-16-8-10-17(11-9-16)27-14-15-5-2-1-3-6-15/h1-13H,14H2,(H,22,24)(H,23,25)/b21-13-. The molecular formula is C20H17N3O4. The van der Waals surface area contributed by atoms with Crippen LogP contribution in [0.25, 0.3) is 0 Å². The van der Waals surface area contributed by atoms with Crippen LogP contribution < -0.4 is 15.5 Å². The van der Waals surface area contributed by atoms with Crippen molar-refractivity contribution in [2.75, 3.05) is 5.32 Å². The molecule has 0 bridgehead atoms. The van der Waals surface area contributed by atoms with Crippen LogP contribution in [0.3, 0.4) is 0 Å². The van der Waals surface area contributed by atoms with Crippen molar-refractivity contribution in [1.29, 1.82) is 0 Å².